The maximum absolute atomic E-state index is 6.92. The first-order chi connectivity index (χ1) is 15.7. The van der Waals surface area contributed by atoms with Gasteiger partial charge in [-0.15, -0.1) is 0 Å². The molecule has 0 bridgehead atoms. The largest absolute Gasteiger partial charge is 0.473 e. The summed E-state index contributed by atoms with van der Waals surface area (Å²) in [4.78, 5) is 2.47. The molecule has 4 aromatic rings. The molecule has 0 radical (unpaired) electrons. The lowest BCUT2D eigenvalue weighted by Gasteiger charge is -2.37. The van der Waals surface area contributed by atoms with E-state index >= 15 is 0 Å². The summed E-state index contributed by atoms with van der Waals surface area (Å²) >= 11 is 3.79. The zero-order valence-electron chi connectivity index (χ0n) is 17.8. The molecule has 2 nitrogen and oxygen atoms in total. The Morgan fingerprint density at radius 1 is 0.781 bits per heavy atom. The second kappa shape index (κ2) is 7.83. The van der Waals surface area contributed by atoms with Crippen molar-refractivity contribution in [3.8, 4) is 5.75 Å². The quantitative estimate of drug-likeness (QED) is 0.299. The van der Waals surface area contributed by atoms with Gasteiger partial charge in [-0.2, -0.15) is 0 Å². The van der Waals surface area contributed by atoms with E-state index < -0.39 is 5.60 Å². The van der Waals surface area contributed by atoms with Crippen LogP contribution in [0.2, 0.25) is 0 Å². The van der Waals surface area contributed by atoms with E-state index in [-0.39, 0.29) is 0 Å². The standard InChI is InChI=1S/C29H24BrNO/c30-27-10-4-3-9-26(27)29(22-12-14-23(15-13-22)31-19-5-6-20-31)18-17-25-24-8-2-1-7-21(24)11-16-28(25)32-29/h1-4,7-18H,5-6,19-20H2. The van der Waals surface area contributed by atoms with Crippen LogP contribution in [0.3, 0.4) is 0 Å². The lowest BCUT2D eigenvalue weighted by molar-refractivity contribution is 0.160. The zero-order chi connectivity index (χ0) is 21.5. The van der Waals surface area contributed by atoms with Gasteiger partial charge in [0.2, 0.25) is 0 Å². The van der Waals surface area contributed by atoms with Gasteiger partial charge in [-0.1, -0.05) is 76.6 Å². The molecular weight excluding hydrogens is 458 g/mol. The number of benzene rings is 4. The van der Waals surface area contributed by atoms with Crippen molar-refractivity contribution in [3.63, 3.8) is 0 Å². The third-order valence-corrected chi connectivity index (χ3v) is 7.42. The lowest BCUT2D eigenvalue weighted by atomic mass is 9.83. The molecule has 0 saturated carbocycles. The predicted molar refractivity (Wildman–Crippen MR) is 136 cm³/mol. The van der Waals surface area contributed by atoms with E-state index in [1.165, 1.54) is 29.3 Å². The predicted octanol–water partition coefficient (Wildman–Crippen LogP) is 7.55. The first kappa shape index (κ1) is 19.6. The number of hydrogen-bond donors (Lipinski definition) is 0. The Hall–Kier alpha value is -3.04. The molecule has 1 saturated heterocycles. The highest BCUT2D eigenvalue weighted by Crippen LogP contribution is 2.46. The molecule has 2 aliphatic rings. The van der Waals surface area contributed by atoms with Crippen LogP contribution in [0.15, 0.2) is 95.5 Å². The Balaban J connectivity index is 1.50. The van der Waals surface area contributed by atoms with E-state index in [9.17, 15) is 0 Å². The zero-order valence-corrected chi connectivity index (χ0v) is 19.4. The number of hydrogen-bond acceptors (Lipinski definition) is 2. The summed E-state index contributed by atoms with van der Waals surface area (Å²) in [6.45, 7) is 2.29. The number of ether oxygens (including phenoxy) is 1. The second-order valence-corrected chi connectivity index (χ2v) is 9.44. The van der Waals surface area contributed by atoms with Crippen molar-refractivity contribution in [2.24, 2.45) is 0 Å². The molecule has 0 aliphatic carbocycles. The molecule has 2 aliphatic heterocycles. The second-order valence-electron chi connectivity index (χ2n) is 8.59. The van der Waals surface area contributed by atoms with Gasteiger partial charge >= 0.3 is 0 Å². The third-order valence-electron chi connectivity index (χ3n) is 6.73. The summed E-state index contributed by atoms with van der Waals surface area (Å²) in [5, 5.41) is 2.44. The van der Waals surface area contributed by atoms with Crippen molar-refractivity contribution in [1.29, 1.82) is 0 Å². The van der Waals surface area contributed by atoms with Crippen molar-refractivity contribution in [2.45, 2.75) is 18.4 Å². The Morgan fingerprint density at radius 2 is 1.53 bits per heavy atom. The van der Waals surface area contributed by atoms with E-state index in [0.717, 1.165) is 40.0 Å². The van der Waals surface area contributed by atoms with Crippen LogP contribution < -0.4 is 9.64 Å². The van der Waals surface area contributed by atoms with Crippen molar-refractivity contribution >= 4 is 38.5 Å². The fourth-order valence-electron chi connectivity index (χ4n) is 5.06. The normalized spacial score (nSPS) is 19.7. The number of halogens is 1. The van der Waals surface area contributed by atoms with Crippen LogP contribution in [-0.2, 0) is 5.60 Å². The molecule has 1 unspecified atom stereocenters. The van der Waals surface area contributed by atoms with Gasteiger partial charge in [-0.3, -0.25) is 0 Å². The van der Waals surface area contributed by atoms with Crippen molar-refractivity contribution in [2.75, 3.05) is 18.0 Å². The van der Waals surface area contributed by atoms with Gasteiger partial charge in [0.1, 0.15) is 5.75 Å². The molecular formula is C29H24BrNO. The van der Waals surface area contributed by atoms with Gasteiger partial charge in [0.25, 0.3) is 0 Å². The van der Waals surface area contributed by atoms with Crippen LogP contribution in [0.1, 0.15) is 29.5 Å². The first-order valence-electron chi connectivity index (χ1n) is 11.3. The summed E-state index contributed by atoms with van der Waals surface area (Å²) < 4.78 is 7.95. The molecule has 0 aromatic heterocycles. The van der Waals surface area contributed by atoms with Crippen LogP contribution in [0.25, 0.3) is 16.8 Å². The summed E-state index contributed by atoms with van der Waals surface area (Å²) in [6, 6.07) is 30.0. The summed E-state index contributed by atoms with van der Waals surface area (Å²) in [5.41, 5.74) is 3.96. The van der Waals surface area contributed by atoms with Gasteiger partial charge < -0.3 is 9.64 Å². The van der Waals surface area contributed by atoms with Crippen molar-refractivity contribution in [1.82, 2.24) is 0 Å². The van der Waals surface area contributed by atoms with E-state index in [2.05, 4.69) is 112 Å². The summed E-state index contributed by atoms with van der Waals surface area (Å²) in [7, 11) is 0. The molecule has 0 spiro atoms. The summed E-state index contributed by atoms with van der Waals surface area (Å²) in [5.74, 6) is 0.908. The molecule has 0 N–H and O–H groups in total. The monoisotopic (exact) mass is 481 g/mol. The van der Waals surface area contributed by atoms with Gasteiger partial charge in [0, 0.05) is 39.9 Å². The number of nitrogens with zero attached hydrogens (tertiary/aromatic N) is 1. The molecule has 3 heteroatoms. The van der Waals surface area contributed by atoms with Crippen LogP contribution in [0.4, 0.5) is 5.69 Å². The average Bonchev–Trinajstić information content (AvgIpc) is 3.39. The molecule has 1 atom stereocenters. The Bertz CT molecular complexity index is 1320. The maximum atomic E-state index is 6.92. The molecule has 2 heterocycles. The van der Waals surface area contributed by atoms with Gasteiger partial charge in [0.15, 0.2) is 5.60 Å². The van der Waals surface area contributed by atoms with Gasteiger partial charge in [0.05, 0.1) is 0 Å². The highest BCUT2D eigenvalue weighted by Gasteiger charge is 2.38. The summed E-state index contributed by atoms with van der Waals surface area (Å²) in [6.07, 6.45) is 7.00. The van der Waals surface area contributed by atoms with Crippen LogP contribution in [-0.4, -0.2) is 13.1 Å². The number of rotatable bonds is 3. The Kier molecular flexibility index (Phi) is 4.80. The van der Waals surface area contributed by atoms with E-state index in [1.54, 1.807) is 0 Å². The Morgan fingerprint density at radius 3 is 2.34 bits per heavy atom. The molecule has 0 amide bonds. The van der Waals surface area contributed by atoms with E-state index in [0.29, 0.717) is 0 Å². The van der Waals surface area contributed by atoms with E-state index in [4.69, 9.17) is 4.74 Å². The number of anilines is 1. The number of fused-ring (bicyclic) bond motifs is 3. The minimum absolute atomic E-state index is 0.695. The molecule has 6 rings (SSSR count). The van der Waals surface area contributed by atoms with Crippen molar-refractivity contribution in [3.05, 3.63) is 112 Å². The van der Waals surface area contributed by atoms with Crippen LogP contribution in [0.5, 0.6) is 5.75 Å². The SMILES string of the molecule is Brc1ccccc1C1(c2ccc(N3CCCC3)cc2)C=Cc2c(ccc3ccccc23)O1. The highest BCUT2D eigenvalue weighted by molar-refractivity contribution is 9.10. The lowest BCUT2D eigenvalue weighted by Crippen LogP contribution is -2.34. The molecule has 4 aromatic carbocycles. The minimum atomic E-state index is -0.695. The highest BCUT2D eigenvalue weighted by atomic mass is 79.9. The third kappa shape index (κ3) is 3.15. The smallest absolute Gasteiger partial charge is 0.179 e. The van der Waals surface area contributed by atoms with Gasteiger partial charge in [-0.05, 0) is 60.0 Å². The van der Waals surface area contributed by atoms with E-state index in [1.807, 2.05) is 6.07 Å². The maximum Gasteiger partial charge on any atom is 0.179 e. The molecule has 158 valence electrons. The van der Waals surface area contributed by atoms with Crippen molar-refractivity contribution < 1.29 is 4.74 Å². The topological polar surface area (TPSA) is 12.5 Å². The fourth-order valence-corrected chi connectivity index (χ4v) is 5.64. The first-order valence-corrected chi connectivity index (χ1v) is 12.0. The van der Waals surface area contributed by atoms with Crippen LogP contribution in [0, 0.1) is 0 Å². The Labute approximate surface area is 197 Å². The minimum Gasteiger partial charge on any atom is -0.473 e. The average molecular weight is 482 g/mol. The molecule has 32 heavy (non-hydrogen) atoms. The van der Waals surface area contributed by atoms with Gasteiger partial charge in [-0.25, -0.2) is 0 Å². The fraction of sp³-hybridized carbons (Fsp3) is 0.172. The molecule has 1 fully saturated rings. The van der Waals surface area contributed by atoms with Crippen LogP contribution >= 0.6 is 15.9 Å².